The van der Waals surface area contributed by atoms with Gasteiger partial charge in [-0.1, -0.05) is 36.4 Å². The molecule has 1 aliphatic heterocycles. The van der Waals surface area contributed by atoms with Gasteiger partial charge in [-0.05, 0) is 35.2 Å². The highest BCUT2D eigenvalue weighted by atomic mass is 19.1. The Bertz CT molecular complexity index is 597. The first kappa shape index (κ1) is 13.3. The van der Waals surface area contributed by atoms with Crippen molar-refractivity contribution in [3.05, 3.63) is 71.0 Å². The topological polar surface area (TPSA) is 29.3 Å². The maximum absolute atomic E-state index is 13.2. The Labute approximate surface area is 119 Å². The van der Waals surface area contributed by atoms with Crippen molar-refractivity contribution >= 4 is 0 Å². The van der Waals surface area contributed by atoms with Gasteiger partial charge in [-0.25, -0.2) is 4.39 Å². The molecule has 1 aliphatic rings. The van der Waals surface area contributed by atoms with Crippen LogP contribution in [0.2, 0.25) is 0 Å². The predicted octanol–water partition coefficient (Wildman–Crippen LogP) is 2.88. The Hall–Kier alpha value is -1.71. The van der Waals surface area contributed by atoms with Crippen molar-refractivity contribution in [1.29, 1.82) is 0 Å². The van der Waals surface area contributed by atoms with E-state index in [-0.39, 0.29) is 11.9 Å². The van der Waals surface area contributed by atoms with E-state index in [1.165, 1.54) is 23.3 Å². The number of nitrogens with two attached hydrogens (primary N) is 1. The van der Waals surface area contributed by atoms with Crippen LogP contribution in [0.3, 0.4) is 0 Å². The third-order valence-electron chi connectivity index (χ3n) is 3.94. The van der Waals surface area contributed by atoms with Gasteiger partial charge >= 0.3 is 0 Å². The van der Waals surface area contributed by atoms with Crippen molar-refractivity contribution in [3.8, 4) is 0 Å². The summed E-state index contributed by atoms with van der Waals surface area (Å²) >= 11 is 0. The van der Waals surface area contributed by atoms with Crippen molar-refractivity contribution in [2.45, 2.75) is 19.0 Å². The molecule has 0 saturated heterocycles. The van der Waals surface area contributed by atoms with Gasteiger partial charge in [0.05, 0.1) is 0 Å². The summed E-state index contributed by atoms with van der Waals surface area (Å²) in [5.41, 5.74) is 9.88. The molecule has 3 heteroatoms. The maximum Gasteiger partial charge on any atom is 0.123 e. The van der Waals surface area contributed by atoms with Crippen LogP contribution in [0.5, 0.6) is 0 Å². The second-order valence-electron chi connectivity index (χ2n) is 5.42. The van der Waals surface area contributed by atoms with E-state index in [1.54, 1.807) is 6.07 Å². The average Bonchev–Trinajstić information content (AvgIpc) is 2.47. The Balaban J connectivity index is 1.67. The normalized spacial score (nSPS) is 16.7. The quantitative estimate of drug-likeness (QED) is 0.929. The third-order valence-corrected chi connectivity index (χ3v) is 3.94. The van der Waals surface area contributed by atoms with Crippen molar-refractivity contribution in [2.75, 3.05) is 13.1 Å². The summed E-state index contributed by atoms with van der Waals surface area (Å²) in [5.74, 6) is -0.220. The first-order valence-electron chi connectivity index (χ1n) is 7.02. The molecule has 0 amide bonds. The van der Waals surface area contributed by atoms with E-state index in [4.69, 9.17) is 5.73 Å². The number of hydrogen-bond acceptors (Lipinski definition) is 2. The molecular weight excluding hydrogens is 251 g/mol. The van der Waals surface area contributed by atoms with Crippen LogP contribution in [0.4, 0.5) is 4.39 Å². The number of hydrogen-bond donors (Lipinski definition) is 1. The zero-order chi connectivity index (χ0) is 13.9. The molecule has 1 unspecified atom stereocenters. The molecule has 0 fully saturated rings. The van der Waals surface area contributed by atoms with E-state index in [0.29, 0.717) is 0 Å². The summed E-state index contributed by atoms with van der Waals surface area (Å²) in [4.78, 5) is 2.35. The highest BCUT2D eigenvalue weighted by Crippen LogP contribution is 2.21. The lowest BCUT2D eigenvalue weighted by molar-refractivity contribution is 0.239. The molecule has 0 aliphatic carbocycles. The fourth-order valence-electron chi connectivity index (χ4n) is 2.83. The maximum atomic E-state index is 13.2. The van der Waals surface area contributed by atoms with Crippen molar-refractivity contribution in [2.24, 2.45) is 5.73 Å². The minimum absolute atomic E-state index is 0.143. The first-order valence-corrected chi connectivity index (χ1v) is 7.02. The van der Waals surface area contributed by atoms with Gasteiger partial charge in [-0.15, -0.1) is 0 Å². The van der Waals surface area contributed by atoms with E-state index >= 15 is 0 Å². The van der Waals surface area contributed by atoms with Crippen LogP contribution in [0.25, 0.3) is 0 Å². The molecule has 1 atom stereocenters. The molecule has 0 spiro atoms. The molecule has 0 bridgehead atoms. The Morgan fingerprint density at radius 1 is 1.10 bits per heavy atom. The largest absolute Gasteiger partial charge is 0.323 e. The summed E-state index contributed by atoms with van der Waals surface area (Å²) in [6.45, 7) is 2.71. The molecule has 3 rings (SSSR count). The molecule has 0 radical (unpaired) electrons. The van der Waals surface area contributed by atoms with Crippen molar-refractivity contribution in [1.82, 2.24) is 4.90 Å². The number of benzene rings is 2. The highest BCUT2D eigenvalue weighted by molar-refractivity contribution is 5.29. The molecule has 0 saturated carbocycles. The zero-order valence-corrected chi connectivity index (χ0v) is 11.4. The minimum atomic E-state index is -0.220. The monoisotopic (exact) mass is 270 g/mol. The standard InChI is InChI=1S/C17H19FN2/c18-16-7-3-6-14(10-16)17(19)12-20-9-8-13-4-1-2-5-15(13)11-20/h1-7,10,17H,8-9,11-12,19H2. The smallest absolute Gasteiger partial charge is 0.123 e. The number of fused-ring (bicyclic) bond motifs is 1. The second kappa shape index (κ2) is 5.73. The lowest BCUT2D eigenvalue weighted by Gasteiger charge is -2.30. The van der Waals surface area contributed by atoms with E-state index in [0.717, 1.165) is 31.6 Å². The zero-order valence-electron chi connectivity index (χ0n) is 11.4. The van der Waals surface area contributed by atoms with Gasteiger partial charge in [0.2, 0.25) is 0 Å². The van der Waals surface area contributed by atoms with Crippen LogP contribution in [-0.2, 0) is 13.0 Å². The van der Waals surface area contributed by atoms with Crippen LogP contribution < -0.4 is 5.73 Å². The number of rotatable bonds is 3. The molecule has 2 N–H and O–H groups in total. The summed E-state index contributed by atoms with van der Waals surface area (Å²) < 4.78 is 13.2. The first-order chi connectivity index (χ1) is 9.72. The van der Waals surface area contributed by atoms with Crippen LogP contribution >= 0.6 is 0 Å². The fraction of sp³-hybridized carbons (Fsp3) is 0.294. The SMILES string of the molecule is NC(CN1CCc2ccccc2C1)c1cccc(F)c1. The van der Waals surface area contributed by atoms with Gasteiger partial charge in [-0.3, -0.25) is 4.90 Å². The van der Waals surface area contributed by atoms with Gasteiger partial charge in [0.1, 0.15) is 5.82 Å². The van der Waals surface area contributed by atoms with Crippen LogP contribution in [-0.4, -0.2) is 18.0 Å². The molecule has 2 nitrogen and oxygen atoms in total. The lowest BCUT2D eigenvalue weighted by Crippen LogP contribution is -2.36. The summed E-state index contributed by atoms with van der Waals surface area (Å²) in [6, 6.07) is 15.0. The third kappa shape index (κ3) is 2.89. The van der Waals surface area contributed by atoms with E-state index in [1.807, 2.05) is 6.07 Å². The molecular formula is C17H19FN2. The fourth-order valence-corrected chi connectivity index (χ4v) is 2.83. The molecule has 2 aromatic carbocycles. The van der Waals surface area contributed by atoms with Gasteiger partial charge in [0.15, 0.2) is 0 Å². The summed E-state index contributed by atoms with van der Waals surface area (Å²) in [6.07, 6.45) is 1.06. The van der Waals surface area contributed by atoms with Gasteiger partial charge in [0, 0.05) is 25.7 Å². The molecule has 104 valence electrons. The number of nitrogens with zero attached hydrogens (tertiary/aromatic N) is 1. The van der Waals surface area contributed by atoms with Crippen LogP contribution in [0, 0.1) is 5.82 Å². The van der Waals surface area contributed by atoms with E-state index < -0.39 is 0 Å². The van der Waals surface area contributed by atoms with E-state index in [2.05, 4.69) is 29.2 Å². The van der Waals surface area contributed by atoms with Gasteiger partial charge in [0.25, 0.3) is 0 Å². The second-order valence-corrected chi connectivity index (χ2v) is 5.42. The Morgan fingerprint density at radius 2 is 1.90 bits per heavy atom. The molecule has 0 aromatic heterocycles. The summed E-state index contributed by atoms with van der Waals surface area (Å²) in [7, 11) is 0. The van der Waals surface area contributed by atoms with Crippen LogP contribution in [0.1, 0.15) is 22.7 Å². The number of halogens is 1. The van der Waals surface area contributed by atoms with Crippen molar-refractivity contribution in [3.63, 3.8) is 0 Å². The van der Waals surface area contributed by atoms with Gasteiger partial charge in [-0.2, -0.15) is 0 Å². The predicted molar refractivity (Wildman–Crippen MR) is 78.8 cm³/mol. The summed E-state index contributed by atoms with van der Waals surface area (Å²) in [5, 5.41) is 0. The molecule has 20 heavy (non-hydrogen) atoms. The van der Waals surface area contributed by atoms with Gasteiger partial charge < -0.3 is 5.73 Å². The molecule has 1 heterocycles. The minimum Gasteiger partial charge on any atom is -0.323 e. The van der Waals surface area contributed by atoms with Crippen molar-refractivity contribution < 1.29 is 4.39 Å². The average molecular weight is 270 g/mol. The molecule has 2 aromatic rings. The Kier molecular flexibility index (Phi) is 3.81. The highest BCUT2D eigenvalue weighted by Gasteiger charge is 2.18. The lowest BCUT2D eigenvalue weighted by atomic mass is 9.99. The van der Waals surface area contributed by atoms with E-state index in [9.17, 15) is 4.39 Å². The van der Waals surface area contributed by atoms with Crippen LogP contribution in [0.15, 0.2) is 48.5 Å². The Morgan fingerprint density at radius 3 is 2.70 bits per heavy atom.